The zero-order valence-corrected chi connectivity index (χ0v) is 9.31. The molecule has 0 saturated carbocycles. The molecule has 9 N–H and O–H groups in total. The van der Waals surface area contributed by atoms with E-state index in [1.165, 1.54) is 0 Å². The predicted octanol–water partition coefficient (Wildman–Crippen LogP) is -1.70. The number of rotatable bonds is 0. The van der Waals surface area contributed by atoms with Crippen molar-refractivity contribution in [2.75, 3.05) is 0 Å². The molecule has 0 aliphatic rings. The second kappa shape index (κ2) is 8.47. The number of hydrogen-bond acceptors (Lipinski definition) is 3. The average molecular weight is 309 g/mol. The first kappa shape index (κ1) is 23.0. The molecule has 12 heavy (non-hydrogen) atoms. The Balaban J connectivity index is -0.0000000457. The molecule has 0 heterocycles. The van der Waals surface area contributed by atoms with Crippen LogP contribution >= 0.6 is 15.6 Å². The molecule has 0 saturated heterocycles. The van der Waals surface area contributed by atoms with Gasteiger partial charge >= 0.3 is 15.6 Å². The van der Waals surface area contributed by atoms with E-state index in [2.05, 4.69) is 0 Å². The van der Waals surface area contributed by atoms with Crippen molar-refractivity contribution in [3.8, 4) is 0 Å². The second-order valence-corrected chi connectivity index (χ2v) is 3.08. The average Bonchev–Trinajstić information content (AvgIpc) is 1.12. The van der Waals surface area contributed by atoms with E-state index in [4.69, 9.17) is 38.5 Å². The Kier molecular flexibility index (Phi) is 16.3. The second-order valence-electron chi connectivity index (χ2n) is 1.03. The molecule has 0 radical (unpaired) electrons. The van der Waals surface area contributed by atoms with E-state index >= 15 is 0 Å². The molecule has 0 unspecified atom stereocenters. The van der Waals surface area contributed by atoms with Gasteiger partial charge in [-0.1, -0.05) is 0 Å². The van der Waals surface area contributed by atoms with Gasteiger partial charge in [0, 0.05) is 21.1 Å². The summed E-state index contributed by atoms with van der Waals surface area (Å²) >= 11 is 0. The van der Waals surface area contributed by atoms with E-state index in [1.54, 1.807) is 0 Å². The molecule has 12 heteroatoms. The first-order valence-corrected chi connectivity index (χ1v) is 4.70. The van der Waals surface area contributed by atoms with Gasteiger partial charge in [-0.2, -0.15) is 0 Å². The molecule has 0 aromatic rings. The molecule has 0 bridgehead atoms. The Morgan fingerprint density at radius 1 is 0.667 bits per heavy atom. The third kappa shape index (κ3) is 1400. The minimum atomic E-state index is -4.64. The van der Waals surface area contributed by atoms with Crippen LogP contribution in [-0.4, -0.2) is 29.4 Å². The first-order valence-electron chi connectivity index (χ1n) is 1.57. The van der Waals surface area contributed by atoms with Crippen LogP contribution in [0.15, 0.2) is 0 Å². The van der Waals surface area contributed by atoms with Gasteiger partial charge in [-0.15, -0.1) is 0 Å². The van der Waals surface area contributed by atoms with Gasteiger partial charge in [-0.25, -0.2) is 9.13 Å². The van der Waals surface area contributed by atoms with Crippen molar-refractivity contribution in [2.24, 2.45) is 0 Å². The molecule has 0 spiro atoms. The van der Waals surface area contributed by atoms with E-state index in [0.29, 0.717) is 0 Å². The van der Waals surface area contributed by atoms with Crippen LogP contribution in [0, 0.1) is 0 Å². The fourth-order valence-electron chi connectivity index (χ4n) is 0. The maximum atomic E-state index is 8.88. The summed E-state index contributed by atoms with van der Waals surface area (Å²) in [5.74, 6) is 0. The molecule has 0 fully saturated rings. The van der Waals surface area contributed by atoms with Crippen LogP contribution in [0.25, 0.3) is 0 Å². The summed E-state index contributed by atoms with van der Waals surface area (Å²) in [6.45, 7) is 0. The smallest absolute Gasteiger partial charge is 0.344 e. The predicted molar refractivity (Wildman–Crippen MR) is 33.5 cm³/mol. The third-order valence-electron chi connectivity index (χ3n) is 0. The van der Waals surface area contributed by atoms with Gasteiger partial charge in [-0.05, 0) is 0 Å². The van der Waals surface area contributed by atoms with Crippen molar-refractivity contribution >= 4 is 15.6 Å². The van der Waals surface area contributed by atoms with Crippen molar-refractivity contribution < 1.29 is 59.6 Å². The minimum Gasteiger partial charge on any atom is -0.344 e. The van der Waals surface area contributed by atoms with Crippen LogP contribution in [0.3, 0.4) is 0 Å². The minimum absolute atomic E-state index is 0. The summed E-state index contributed by atoms with van der Waals surface area (Å²) in [6.07, 6.45) is 0. The molecular formula is H9MoNO8P2. The molecule has 9 nitrogen and oxygen atoms in total. The van der Waals surface area contributed by atoms with Gasteiger partial charge in [0.15, 0.2) is 0 Å². The summed E-state index contributed by atoms with van der Waals surface area (Å²) in [7, 11) is -9.28. The van der Waals surface area contributed by atoms with Crippen molar-refractivity contribution in [2.45, 2.75) is 0 Å². The Labute approximate surface area is 81.8 Å². The normalized spacial score (nSPS) is 9.83. The number of hydrogen-bond donors (Lipinski definition) is 7. The first-order chi connectivity index (χ1) is 4.00. The van der Waals surface area contributed by atoms with Gasteiger partial charge in [0.2, 0.25) is 0 Å². The van der Waals surface area contributed by atoms with E-state index in [-0.39, 0.29) is 27.2 Å². The van der Waals surface area contributed by atoms with Crippen LogP contribution in [0.4, 0.5) is 0 Å². The summed E-state index contributed by atoms with van der Waals surface area (Å²) in [4.78, 5) is 43.1. The van der Waals surface area contributed by atoms with Gasteiger partial charge in [0.05, 0.1) is 0 Å². The third-order valence-corrected chi connectivity index (χ3v) is 0. The van der Waals surface area contributed by atoms with Gasteiger partial charge in [-0.3, -0.25) is 0 Å². The molecule has 78 valence electrons. The van der Waals surface area contributed by atoms with E-state index in [9.17, 15) is 0 Å². The van der Waals surface area contributed by atoms with E-state index in [1.807, 2.05) is 0 Å². The Morgan fingerprint density at radius 3 is 0.667 bits per heavy atom. The Bertz CT molecular complexity index is 129. The topological polar surface area (TPSA) is 191 Å². The fourth-order valence-corrected chi connectivity index (χ4v) is 0. The SMILES string of the molecule is N.O=P(O)(O)O.O=P(O)(O)O.[Mo]. The fraction of sp³-hybridized carbons (Fsp3) is 0. The quantitative estimate of drug-likeness (QED) is 0.202. The van der Waals surface area contributed by atoms with Crippen LogP contribution in [0.5, 0.6) is 0 Å². The summed E-state index contributed by atoms with van der Waals surface area (Å²) in [5, 5.41) is 0. The van der Waals surface area contributed by atoms with Crippen molar-refractivity contribution in [1.82, 2.24) is 6.15 Å². The van der Waals surface area contributed by atoms with Gasteiger partial charge in [0.25, 0.3) is 0 Å². The van der Waals surface area contributed by atoms with Crippen molar-refractivity contribution in [3.05, 3.63) is 0 Å². The Hall–Kier alpha value is 0.868. The molecule has 0 rings (SSSR count). The largest absolute Gasteiger partial charge is 0.466 e. The van der Waals surface area contributed by atoms with Gasteiger partial charge in [0.1, 0.15) is 0 Å². The zero-order valence-electron chi connectivity index (χ0n) is 5.51. The van der Waals surface area contributed by atoms with Crippen LogP contribution in [0.1, 0.15) is 0 Å². The molecule has 0 atom stereocenters. The molecule has 0 aromatic carbocycles. The summed E-state index contributed by atoms with van der Waals surface area (Å²) in [5.41, 5.74) is 0. The molecule has 0 aromatic heterocycles. The monoisotopic (exact) mass is 311 g/mol. The maximum absolute atomic E-state index is 8.88. The van der Waals surface area contributed by atoms with Crippen LogP contribution in [0.2, 0.25) is 0 Å². The van der Waals surface area contributed by atoms with Crippen molar-refractivity contribution in [1.29, 1.82) is 0 Å². The molecular weight excluding hydrogens is 300 g/mol. The van der Waals surface area contributed by atoms with E-state index < -0.39 is 15.6 Å². The van der Waals surface area contributed by atoms with Gasteiger partial charge < -0.3 is 35.5 Å². The standard InChI is InChI=1S/Mo.H3N.2H3O4P/c;;2*1-5(2,3)4/h;1H3;2*(H3,1,2,3,4). The van der Waals surface area contributed by atoms with Crippen molar-refractivity contribution in [3.63, 3.8) is 0 Å². The van der Waals surface area contributed by atoms with Crippen LogP contribution < -0.4 is 6.15 Å². The molecule has 0 amide bonds. The number of phosphoric acid groups is 2. The maximum Gasteiger partial charge on any atom is 0.466 e. The molecule has 0 aliphatic carbocycles. The summed E-state index contributed by atoms with van der Waals surface area (Å²) in [6, 6.07) is 0. The van der Waals surface area contributed by atoms with E-state index in [0.717, 1.165) is 0 Å². The van der Waals surface area contributed by atoms with Crippen LogP contribution in [-0.2, 0) is 30.2 Å². The summed E-state index contributed by atoms with van der Waals surface area (Å²) < 4.78 is 17.8. The zero-order chi connectivity index (χ0) is 9.00. The Morgan fingerprint density at radius 2 is 0.667 bits per heavy atom. The molecule has 0 aliphatic heterocycles.